The third-order valence-corrected chi connectivity index (χ3v) is 7.05. The Hall–Kier alpha value is -2.60. The Kier molecular flexibility index (Phi) is 6.30. The van der Waals surface area contributed by atoms with Gasteiger partial charge in [0.2, 0.25) is 0 Å². The third kappa shape index (κ3) is 4.60. The Balaban J connectivity index is 1.48. The summed E-state index contributed by atoms with van der Waals surface area (Å²) in [5, 5.41) is 2.78. The predicted molar refractivity (Wildman–Crippen MR) is 131 cm³/mol. The van der Waals surface area contributed by atoms with Crippen molar-refractivity contribution in [1.29, 1.82) is 0 Å². The average molecular weight is 465 g/mol. The van der Waals surface area contributed by atoms with Gasteiger partial charge in [0, 0.05) is 31.3 Å². The van der Waals surface area contributed by atoms with E-state index in [9.17, 15) is 4.79 Å². The maximum Gasteiger partial charge on any atom is 0.270 e. The van der Waals surface area contributed by atoms with Gasteiger partial charge in [-0.25, -0.2) is 0 Å². The molecule has 0 radical (unpaired) electrons. The summed E-state index contributed by atoms with van der Waals surface area (Å²) in [5.74, 6) is 0.0368. The van der Waals surface area contributed by atoms with E-state index in [1.165, 1.54) is 5.56 Å². The van der Waals surface area contributed by atoms with Crippen LogP contribution in [0.3, 0.4) is 0 Å². The first-order valence-electron chi connectivity index (χ1n) is 10.9. The number of halogens is 1. The van der Waals surface area contributed by atoms with Crippen molar-refractivity contribution in [2.24, 2.45) is 0 Å². The van der Waals surface area contributed by atoms with Crippen molar-refractivity contribution in [3.8, 4) is 0 Å². The summed E-state index contributed by atoms with van der Waals surface area (Å²) in [6, 6.07) is 22.2. The number of rotatable bonds is 7. The molecule has 3 heterocycles. The van der Waals surface area contributed by atoms with Gasteiger partial charge in [-0.15, -0.1) is 11.3 Å². The van der Waals surface area contributed by atoms with Crippen molar-refractivity contribution in [2.45, 2.75) is 32.0 Å². The summed E-state index contributed by atoms with van der Waals surface area (Å²) in [5.41, 5.74) is 4.06. The number of thiophene rings is 1. The van der Waals surface area contributed by atoms with E-state index >= 15 is 0 Å². The molecule has 0 bridgehead atoms. The number of hydrogen-bond acceptors (Lipinski definition) is 3. The lowest BCUT2D eigenvalue weighted by atomic mass is 10.1. The molecule has 6 heteroatoms. The molecule has 164 valence electrons. The summed E-state index contributed by atoms with van der Waals surface area (Å²) in [6.45, 7) is 2.55. The van der Waals surface area contributed by atoms with Gasteiger partial charge >= 0.3 is 0 Å². The molecular weight excluding hydrogens is 440 g/mol. The van der Waals surface area contributed by atoms with E-state index in [1.54, 1.807) is 11.3 Å². The van der Waals surface area contributed by atoms with Crippen LogP contribution in [-0.2, 0) is 17.8 Å². The highest BCUT2D eigenvalue weighted by atomic mass is 35.5. The summed E-state index contributed by atoms with van der Waals surface area (Å²) in [7, 11) is 0. The second-order valence-corrected chi connectivity index (χ2v) is 9.60. The number of aromatic nitrogens is 1. The standard InChI is InChI=1S/C26H25ClN2O2S/c27-21-10-8-20(9-11-21)16-28(18-22-7-4-13-31-22)26(30)24-15-25-23(12-14-32-25)29(24)17-19-5-2-1-3-6-19/h1-3,5-6,8-12,14-15,22H,4,7,13,16-18H2/t22-/m1/s1. The van der Waals surface area contributed by atoms with Gasteiger partial charge in [0.15, 0.2) is 0 Å². The van der Waals surface area contributed by atoms with Crippen LogP contribution in [0.25, 0.3) is 10.2 Å². The summed E-state index contributed by atoms with van der Waals surface area (Å²) < 4.78 is 9.16. The minimum Gasteiger partial charge on any atom is -0.376 e. The molecule has 4 aromatic rings. The molecule has 1 amide bonds. The van der Waals surface area contributed by atoms with Crippen LogP contribution in [0, 0.1) is 0 Å². The largest absolute Gasteiger partial charge is 0.376 e. The first-order valence-corrected chi connectivity index (χ1v) is 12.2. The van der Waals surface area contributed by atoms with Crippen molar-refractivity contribution in [1.82, 2.24) is 9.47 Å². The molecule has 0 spiro atoms. The van der Waals surface area contributed by atoms with Crippen LogP contribution < -0.4 is 0 Å². The van der Waals surface area contributed by atoms with E-state index < -0.39 is 0 Å². The van der Waals surface area contributed by atoms with E-state index in [4.69, 9.17) is 16.3 Å². The summed E-state index contributed by atoms with van der Waals surface area (Å²) >= 11 is 7.74. The summed E-state index contributed by atoms with van der Waals surface area (Å²) in [4.78, 5) is 15.8. The van der Waals surface area contributed by atoms with Crippen molar-refractivity contribution in [2.75, 3.05) is 13.2 Å². The van der Waals surface area contributed by atoms with Gasteiger partial charge in [-0.05, 0) is 53.6 Å². The maximum absolute atomic E-state index is 13.9. The fourth-order valence-electron chi connectivity index (χ4n) is 4.32. The van der Waals surface area contributed by atoms with Crippen LogP contribution in [0.15, 0.2) is 72.1 Å². The van der Waals surface area contributed by atoms with E-state index in [1.807, 2.05) is 53.4 Å². The molecule has 0 N–H and O–H groups in total. The minimum absolute atomic E-state index is 0.0368. The Morgan fingerprint density at radius 2 is 1.91 bits per heavy atom. The number of hydrogen-bond donors (Lipinski definition) is 0. The van der Waals surface area contributed by atoms with Crippen molar-refractivity contribution < 1.29 is 9.53 Å². The number of carbonyl (C=O) groups excluding carboxylic acids is 1. The maximum atomic E-state index is 13.9. The van der Waals surface area contributed by atoms with Crippen LogP contribution in [0.2, 0.25) is 5.02 Å². The second kappa shape index (κ2) is 9.49. The van der Waals surface area contributed by atoms with Crippen molar-refractivity contribution >= 4 is 39.1 Å². The molecule has 0 saturated carbocycles. The Bertz CT molecular complexity index is 1190. The van der Waals surface area contributed by atoms with Crippen LogP contribution in [0.4, 0.5) is 0 Å². The number of amides is 1. The SMILES string of the molecule is O=C(c1cc2sccc2n1Cc1ccccc1)N(Cc1ccc(Cl)cc1)C[C@H]1CCCO1. The van der Waals surface area contributed by atoms with E-state index in [0.29, 0.717) is 24.7 Å². The van der Waals surface area contributed by atoms with E-state index in [2.05, 4.69) is 28.1 Å². The zero-order valence-electron chi connectivity index (χ0n) is 17.7. The number of fused-ring (bicyclic) bond motifs is 1. The molecular formula is C26H25ClN2O2S. The van der Waals surface area contributed by atoms with Gasteiger partial charge in [0.25, 0.3) is 5.91 Å². The molecule has 1 aliphatic heterocycles. The quantitative estimate of drug-likeness (QED) is 0.325. The smallest absolute Gasteiger partial charge is 0.270 e. The molecule has 1 saturated heterocycles. The molecule has 2 aromatic heterocycles. The van der Waals surface area contributed by atoms with Crippen LogP contribution >= 0.6 is 22.9 Å². The Labute approximate surface area is 197 Å². The zero-order chi connectivity index (χ0) is 21.9. The first-order chi connectivity index (χ1) is 15.7. The molecule has 1 aliphatic rings. The number of carbonyl (C=O) groups is 1. The number of nitrogens with zero attached hydrogens (tertiary/aromatic N) is 2. The zero-order valence-corrected chi connectivity index (χ0v) is 19.3. The average Bonchev–Trinajstić information content (AvgIpc) is 3.55. The molecule has 1 atom stereocenters. The predicted octanol–water partition coefficient (Wildman–Crippen LogP) is 6.23. The van der Waals surface area contributed by atoms with Gasteiger partial charge in [0.05, 0.1) is 16.3 Å². The van der Waals surface area contributed by atoms with Crippen LogP contribution in [0.5, 0.6) is 0 Å². The van der Waals surface area contributed by atoms with Gasteiger partial charge in [-0.1, -0.05) is 54.1 Å². The number of benzene rings is 2. The van der Waals surface area contributed by atoms with E-state index in [0.717, 1.165) is 40.9 Å². The topological polar surface area (TPSA) is 34.5 Å². The Morgan fingerprint density at radius 1 is 1.09 bits per heavy atom. The molecule has 0 unspecified atom stereocenters. The van der Waals surface area contributed by atoms with Gasteiger partial charge in [-0.3, -0.25) is 4.79 Å². The minimum atomic E-state index is 0.0368. The fraction of sp³-hybridized carbons (Fsp3) is 0.269. The Morgan fingerprint density at radius 3 is 2.66 bits per heavy atom. The normalized spacial score (nSPS) is 16.0. The monoisotopic (exact) mass is 464 g/mol. The fourth-order valence-corrected chi connectivity index (χ4v) is 5.26. The van der Waals surface area contributed by atoms with Gasteiger partial charge in [-0.2, -0.15) is 0 Å². The van der Waals surface area contributed by atoms with Crippen LogP contribution in [0.1, 0.15) is 34.5 Å². The second-order valence-electron chi connectivity index (χ2n) is 8.22. The number of ether oxygens (including phenoxy) is 1. The lowest BCUT2D eigenvalue weighted by Gasteiger charge is -2.26. The summed E-state index contributed by atoms with van der Waals surface area (Å²) in [6.07, 6.45) is 2.13. The van der Waals surface area contributed by atoms with Crippen molar-refractivity contribution in [3.63, 3.8) is 0 Å². The van der Waals surface area contributed by atoms with Gasteiger partial charge in [0.1, 0.15) is 5.69 Å². The highest BCUT2D eigenvalue weighted by Gasteiger charge is 2.26. The molecule has 1 fully saturated rings. The molecule has 2 aromatic carbocycles. The first kappa shape index (κ1) is 21.3. The van der Waals surface area contributed by atoms with Crippen molar-refractivity contribution in [3.05, 3.63) is 94.0 Å². The highest BCUT2D eigenvalue weighted by Crippen LogP contribution is 2.28. The lowest BCUT2D eigenvalue weighted by molar-refractivity contribution is 0.0500. The van der Waals surface area contributed by atoms with Gasteiger partial charge < -0.3 is 14.2 Å². The lowest BCUT2D eigenvalue weighted by Crippen LogP contribution is -2.38. The molecule has 0 aliphatic carbocycles. The molecule has 32 heavy (non-hydrogen) atoms. The molecule has 5 rings (SSSR count). The molecule has 4 nitrogen and oxygen atoms in total. The third-order valence-electron chi connectivity index (χ3n) is 5.95. The van der Waals surface area contributed by atoms with Crippen LogP contribution in [-0.4, -0.2) is 34.6 Å². The van der Waals surface area contributed by atoms with E-state index in [-0.39, 0.29) is 12.0 Å². The highest BCUT2D eigenvalue weighted by molar-refractivity contribution is 7.17.